The number of guanidine groups is 1. The summed E-state index contributed by atoms with van der Waals surface area (Å²) in [4.78, 5) is 16.3. The fourth-order valence-electron chi connectivity index (χ4n) is 2.48. The lowest BCUT2D eigenvalue weighted by Crippen LogP contribution is -2.33. The van der Waals surface area contributed by atoms with Crippen LogP contribution in [0.25, 0.3) is 0 Å². The first-order valence-electron chi connectivity index (χ1n) is 9.17. The molecule has 8 N–H and O–H groups in total. The molecular weight excluding hydrogens is 508 g/mol. The number of halogens is 2. The smallest absolute Gasteiger partial charge is 0.269 e. The van der Waals surface area contributed by atoms with E-state index in [1.54, 1.807) is 0 Å². The molecule has 0 aliphatic rings. The Kier molecular flexibility index (Phi) is 11.6. The van der Waals surface area contributed by atoms with Gasteiger partial charge >= 0.3 is 0 Å². The van der Waals surface area contributed by atoms with Gasteiger partial charge < -0.3 is 32.5 Å². The van der Waals surface area contributed by atoms with Crippen LogP contribution in [0.1, 0.15) is 31.7 Å². The third-order valence-corrected chi connectivity index (χ3v) is 5.04. The Morgan fingerprint density at radius 1 is 1.28 bits per heavy atom. The molecule has 0 bridgehead atoms. The first kappa shape index (κ1) is 25.2. The minimum atomic E-state index is -0.433. The molecule has 1 aromatic carbocycles. The fraction of sp³-hybridized carbons (Fsp3) is 0.500. The van der Waals surface area contributed by atoms with Crippen molar-refractivity contribution in [1.82, 2.24) is 5.32 Å². The molecule has 0 aromatic heterocycles. The number of carbonyl (C=O) groups is 1. The second kappa shape index (κ2) is 13.4. The van der Waals surface area contributed by atoms with Crippen molar-refractivity contribution >= 4 is 49.4 Å². The maximum atomic E-state index is 12.3. The van der Waals surface area contributed by atoms with Gasteiger partial charge in [-0.05, 0) is 82.3 Å². The minimum absolute atomic E-state index is 0.0119. The third kappa shape index (κ3) is 9.46. The van der Waals surface area contributed by atoms with Crippen LogP contribution in [0, 0.1) is 0 Å². The number of benzene rings is 1. The number of nitrogens with zero attached hydrogens (tertiary/aromatic N) is 2. The highest BCUT2D eigenvalue weighted by atomic mass is 79.9. The molecule has 0 aliphatic carbocycles. The molecule has 0 fully saturated rings. The van der Waals surface area contributed by atoms with Gasteiger partial charge in [-0.2, -0.15) is 0 Å². The molecule has 0 aliphatic heterocycles. The normalized spacial score (nSPS) is 12.3. The molecule has 9 nitrogen and oxygen atoms in total. The largest absolute Gasteiger partial charge is 0.491 e. The van der Waals surface area contributed by atoms with Crippen LogP contribution in [-0.4, -0.2) is 48.5 Å². The van der Waals surface area contributed by atoms with E-state index in [0.717, 1.165) is 27.4 Å². The maximum absolute atomic E-state index is 12.3. The molecule has 1 aromatic rings. The van der Waals surface area contributed by atoms with Crippen LogP contribution >= 0.6 is 31.9 Å². The lowest BCUT2D eigenvalue weighted by atomic mass is 10.1. The Bertz CT molecular complexity index is 715. The Morgan fingerprint density at radius 2 is 1.93 bits per heavy atom. The van der Waals surface area contributed by atoms with E-state index in [4.69, 9.17) is 21.9 Å². The van der Waals surface area contributed by atoms with E-state index in [1.165, 1.54) is 0 Å². The fourth-order valence-corrected chi connectivity index (χ4v) is 3.99. The molecule has 0 spiro atoms. The van der Waals surface area contributed by atoms with Crippen molar-refractivity contribution in [1.29, 1.82) is 0 Å². The van der Waals surface area contributed by atoms with Gasteiger partial charge in [-0.1, -0.05) is 5.16 Å². The van der Waals surface area contributed by atoms with E-state index in [1.807, 2.05) is 19.1 Å². The monoisotopic (exact) mass is 534 g/mol. The van der Waals surface area contributed by atoms with Crippen LogP contribution < -0.4 is 27.3 Å². The summed E-state index contributed by atoms with van der Waals surface area (Å²) in [5.41, 5.74) is 16.9. The average Bonchev–Trinajstić information content (AvgIpc) is 2.64. The van der Waals surface area contributed by atoms with Crippen molar-refractivity contribution in [2.75, 3.05) is 19.7 Å². The first-order valence-corrected chi connectivity index (χ1v) is 10.8. The van der Waals surface area contributed by atoms with Crippen molar-refractivity contribution in [3.05, 3.63) is 26.6 Å². The summed E-state index contributed by atoms with van der Waals surface area (Å²) in [7, 11) is 0. The van der Waals surface area contributed by atoms with Crippen LogP contribution in [-0.2, 0) is 11.2 Å². The number of nitrogens with one attached hydrogen (secondary N) is 1. The van der Waals surface area contributed by atoms with Gasteiger partial charge in [0.2, 0.25) is 0 Å². The topological polar surface area (TPSA) is 161 Å². The first-order chi connectivity index (χ1) is 13.8. The molecular formula is C18H28Br2N6O3. The maximum Gasteiger partial charge on any atom is 0.269 e. The molecule has 0 radical (unpaired) electrons. The number of hydrogen-bond donors (Lipinski definition) is 5. The molecule has 29 heavy (non-hydrogen) atoms. The quantitative estimate of drug-likeness (QED) is 0.0901. The van der Waals surface area contributed by atoms with Gasteiger partial charge in [-0.15, -0.1) is 0 Å². The van der Waals surface area contributed by atoms with Gasteiger partial charge in [-0.3, -0.25) is 9.79 Å². The Morgan fingerprint density at radius 3 is 2.48 bits per heavy atom. The molecule has 11 heteroatoms. The van der Waals surface area contributed by atoms with Gasteiger partial charge in [0.15, 0.2) is 5.96 Å². The summed E-state index contributed by atoms with van der Waals surface area (Å²) in [6, 6.07) is 3.61. The average molecular weight is 536 g/mol. The molecule has 0 heterocycles. The number of hydrogen-bond acceptors (Lipinski definition) is 6. The Hall–Kier alpha value is -1.85. The van der Waals surface area contributed by atoms with Gasteiger partial charge in [-0.25, -0.2) is 0 Å². The molecule has 1 unspecified atom stereocenters. The Labute approximate surface area is 187 Å². The summed E-state index contributed by atoms with van der Waals surface area (Å²) in [6.07, 6.45) is 2.31. The van der Waals surface area contributed by atoms with Crippen molar-refractivity contribution in [2.24, 2.45) is 27.3 Å². The molecule has 0 saturated carbocycles. The number of nitrogens with two attached hydrogens (primary N) is 3. The summed E-state index contributed by atoms with van der Waals surface area (Å²) in [5.74, 6) is 0.269. The number of amides is 1. The van der Waals surface area contributed by atoms with E-state index in [2.05, 4.69) is 47.3 Å². The highest BCUT2D eigenvalue weighted by molar-refractivity contribution is 9.11. The van der Waals surface area contributed by atoms with Gasteiger partial charge in [0, 0.05) is 13.0 Å². The van der Waals surface area contributed by atoms with E-state index in [9.17, 15) is 10.0 Å². The predicted octanol–water partition coefficient (Wildman–Crippen LogP) is 1.87. The number of oxime groups is 1. The molecule has 1 atom stereocenters. The zero-order chi connectivity index (χ0) is 21.8. The third-order valence-electron chi connectivity index (χ3n) is 3.86. The van der Waals surface area contributed by atoms with Gasteiger partial charge in [0.25, 0.3) is 5.91 Å². The van der Waals surface area contributed by atoms with Crippen molar-refractivity contribution in [3.63, 3.8) is 0 Å². The summed E-state index contributed by atoms with van der Waals surface area (Å²) in [5, 5.41) is 15.1. The molecule has 162 valence electrons. The lowest BCUT2D eigenvalue weighted by molar-refractivity contribution is -0.115. The SMILES string of the molecule is CC(CCCNC(=O)C(Cc1cc(Br)c(OCCCN)c(Br)c1)=NO)N=C(N)N. The number of carbonyl (C=O) groups excluding carboxylic acids is 1. The van der Waals surface area contributed by atoms with Crippen molar-refractivity contribution in [2.45, 2.75) is 38.6 Å². The second-order valence-corrected chi connectivity index (χ2v) is 8.11. The summed E-state index contributed by atoms with van der Waals surface area (Å²) in [6.45, 7) is 3.36. The summed E-state index contributed by atoms with van der Waals surface area (Å²) >= 11 is 6.93. The minimum Gasteiger partial charge on any atom is -0.491 e. The van der Waals surface area contributed by atoms with Crippen molar-refractivity contribution in [3.8, 4) is 5.75 Å². The van der Waals surface area contributed by atoms with Crippen LogP contribution in [0.15, 0.2) is 31.2 Å². The van der Waals surface area contributed by atoms with Crippen LogP contribution in [0.2, 0.25) is 0 Å². The molecule has 0 saturated heterocycles. The van der Waals surface area contributed by atoms with Gasteiger partial charge in [0.1, 0.15) is 11.5 Å². The molecule has 1 amide bonds. The van der Waals surface area contributed by atoms with E-state index < -0.39 is 5.91 Å². The van der Waals surface area contributed by atoms with E-state index in [0.29, 0.717) is 31.9 Å². The highest BCUT2D eigenvalue weighted by Crippen LogP contribution is 2.35. The number of rotatable bonds is 12. The van der Waals surface area contributed by atoms with Crippen LogP contribution in [0.4, 0.5) is 0 Å². The zero-order valence-corrected chi connectivity index (χ0v) is 19.5. The van der Waals surface area contributed by atoms with Crippen molar-refractivity contribution < 1.29 is 14.7 Å². The highest BCUT2D eigenvalue weighted by Gasteiger charge is 2.16. The Balaban J connectivity index is 2.61. The predicted molar refractivity (Wildman–Crippen MR) is 121 cm³/mol. The standard InChI is InChI=1S/C18H28Br2N6O3/c1-11(25-18(22)23)4-2-6-24-17(27)15(26-28)10-12-8-13(19)16(14(20)9-12)29-7-3-5-21/h8-9,11,28H,2-7,10,21H2,1H3,(H,24,27)(H4,22,23,25). The van der Waals surface area contributed by atoms with E-state index in [-0.39, 0.29) is 24.1 Å². The number of aliphatic imine (C=N–C) groups is 1. The number of ether oxygens (including phenoxy) is 1. The summed E-state index contributed by atoms with van der Waals surface area (Å²) < 4.78 is 7.15. The second-order valence-electron chi connectivity index (χ2n) is 6.40. The van der Waals surface area contributed by atoms with Crippen LogP contribution in [0.5, 0.6) is 5.75 Å². The molecule has 1 rings (SSSR count). The zero-order valence-electron chi connectivity index (χ0n) is 16.3. The lowest BCUT2D eigenvalue weighted by Gasteiger charge is -2.13. The van der Waals surface area contributed by atoms with E-state index >= 15 is 0 Å². The van der Waals surface area contributed by atoms with Gasteiger partial charge in [0.05, 0.1) is 21.6 Å². The van der Waals surface area contributed by atoms with Crippen LogP contribution in [0.3, 0.4) is 0 Å².